The van der Waals surface area contributed by atoms with Crippen LogP contribution in [-0.4, -0.2) is 16.2 Å². The normalized spacial score (nSPS) is 19.1. The standard InChI is InChI=1S/C20H10F2O5/c21-17-13(24)8-15-16(18(17)22)20(12-6-5-9(23)7-14(12)26-15)11-4-2-1-3-10(11)19(25)27-20/h1-8,23-24H. The zero-order valence-corrected chi connectivity index (χ0v) is 13.5. The number of ether oxygens (including phenoxy) is 2. The molecule has 1 spiro atoms. The van der Waals surface area contributed by atoms with Crippen LogP contribution >= 0.6 is 0 Å². The van der Waals surface area contributed by atoms with Crippen LogP contribution in [0.1, 0.15) is 27.0 Å². The third-order valence-corrected chi connectivity index (χ3v) is 4.84. The number of phenolic OH excluding ortho intramolecular Hbond substituents is 2. The molecule has 1 unspecified atom stereocenters. The summed E-state index contributed by atoms with van der Waals surface area (Å²) in [5, 5.41) is 19.5. The van der Waals surface area contributed by atoms with Crippen LogP contribution in [-0.2, 0) is 10.3 Å². The third kappa shape index (κ3) is 1.83. The van der Waals surface area contributed by atoms with Crippen LogP contribution < -0.4 is 4.74 Å². The molecule has 2 aliphatic heterocycles. The van der Waals surface area contributed by atoms with Crippen LogP contribution in [0.3, 0.4) is 0 Å². The van der Waals surface area contributed by atoms with Gasteiger partial charge in [0.1, 0.15) is 17.2 Å². The molecular formula is C20H10F2O5. The van der Waals surface area contributed by atoms with Crippen LogP contribution in [0.15, 0.2) is 48.5 Å². The molecule has 27 heavy (non-hydrogen) atoms. The van der Waals surface area contributed by atoms with Crippen molar-refractivity contribution in [2.45, 2.75) is 5.60 Å². The topological polar surface area (TPSA) is 76.0 Å². The molecule has 0 aliphatic carbocycles. The van der Waals surface area contributed by atoms with E-state index in [2.05, 4.69) is 0 Å². The third-order valence-electron chi connectivity index (χ3n) is 4.84. The van der Waals surface area contributed by atoms with Crippen LogP contribution in [0.4, 0.5) is 8.78 Å². The number of carbonyl (C=O) groups excluding carboxylic acids is 1. The van der Waals surface area contributed by atoms with Crippen molar-refractivity contribution >= 4 is 5.97 Å². The van der Waals surface area contributed by atoms with E-state index in [0.717, 1.165) is 6.07 Å². The van der Waals surface area contributed by atoms with Gasteiger partial charge < -0.3 is 19.7 Å². The van der Waals surface area contributed by atoms with Gasteiger partial charge in [-0.1, -0.05) is 18.2 Å². The summed E-state index contributed by atoms with van der Waals surface area (Å²) in [5.74, 6) is -4.75. The van der Waals surface area contributed by atoms with Crippen molar-refractivity contribution in [3.05, 3.63) is 82.4 Å². The van der Waals surface area contributed by atoms with E-state index < -0.39 is 29.0 Å². The largest absolute Gasteiger partial charge is 0.508 e. The number of benzene rings is 3. The summed E-state index contributed by atoms with van der Waals surface area (Å²) in [6.07, 6.45) is 0. The lowest BCUT2D eigenvalue weighted by atomic mass is 9.77. The van der Waals surface area contributed by atoms with Crippen molar-refractivity contribution in [1.82, 2.24) is 0 Å². The monoisotopic (exact) mass is 368 g/mol. The van der Waals surface area contributed by atoms with Crippen LogP contribution in [0.2, 0.25) is 0 Å². The van der Waals surface area contributed by atoms with Gasteiger partial charge in [-0.05, 0) is 18.2 Å². The van der Waals surface area contributed by atoms with Gasteiger partial charge in [-0.25, -0.2) is 9.18 Å². The molecule has 1 atom stereocenters. The quantitative estimate of drug-likeness (QED) is 0.588. The number of phenols is 2. The molecule has 0 bridgehead atoms. The molecule has 2 heterocycles. The summed E-state index contributed by atoms with van der Waals surface area (Å²) in [5.41, 5.74) is -1.40. The molecule has 0 saturated carbocycles. The van der Waals surface area contributed by atoms with Gasteiger partial charge in [0.2, 0.25) is 5.82 Å². The smallest absolute Gasteiger partial charge is 0.340 e. The van der Waals surface area contributed by atoms with E-state index in [4.69, 9.17) is 9.47 Å². The summed E-state index contributed by atoms with van der Waals surface area (Å²) < 4.78 is 40.4. The van der Waals surface area contributed by atoms with Crippen molar-refractivity contribution in [2.24, 2.45) is 0 Å². The summed E-state index contributed by atoms with van der Waals surface area (Å²) in [7, 11) is 0. The van der Waals surface area contributed by atoms with Gasteiger partial charge >= 0.3 is 5.97 Å². The molecule has 5 nitrogen and oxygen atoms in total. The summed E-state index contributed by atoms with van der Waals surface area (Å²) >= 11 is 0. The Kier molecular flexibility index (Phi) is 2.88. The van der Waals surface area contributed by atoms with Crippen molar-refractivity contribution in [3.8, 4) is 23.0 Å². The van der Waals surface area contributed by atoms with Gasteiger partial charge in [-0.3, -0.25) is 0 Å². The van der Waals surface area contributed by atoms with Crippen LogP contribution in [0.5, 0.6) is 23.0 Å². The van der Waals surface area contributed by atoms with Gasteiger partial charge in [0.15, 0.2) is 17.2 Å². The lowest BCUT2D eigenvalue weighted by Gasteiger charge is -2.36. The number of aromatic hydroxyl groups is 2. The van der Waals surface area contributed by atoms with E-state index in [1.54, 1.807) is 18.2 Å². The van der Waals surface area contributed by atoms with E-state index in [9.17, 15) is 23.8 Å². The van der Waals surface area contributed by atoms with E-state index in [0.29, 0.717) is 5.56 Å². The second kappa shape index (κ2) is 4.97. The van der Waals surface area contributed by atoms with E-state index in [1.807, 2.05) is 0 Å². The van der Waals surface area contributed by atoms with Gasteiger partial charge in [-0.2, -0.15) is 4.39 Å². The zero-order chi connectivity index (χ0) is 18.9. The van der Waals surface area contributed by atoms with Crippen LogP contribution in [0.25, 0.3) is 0 Å². The predicted molar refractivity (Wildman–Crippen MR) is 87.9 cm³/mol. The van der Waals surface area contributed by atoms with Crippen LogP contribution in [0, 0.1) is 11.6 Å². The molecule has 2 aliphatic rings. The number of hydrogen-bond donors (Lipinski definition) is 2. The second-order valence-electron chi connectivity index (χ2n) is 6.30. The fraction of sp³-hybridized carbons (Fsp3) is 0.0500. The lowest BCUT2D eigenvalue weighted by Crippen LogP contribution is -2.34. The lowest BCUT2D eigenvalue weighted by molar-refractivity contribution is 0.0210. The Morgan fingerprint density at radius 3 is 2.48 bits per heavy atom. The van der Waals surface area contributed by atoms with Gasteiger partial charge in [0.05, 0.1) is 11.1 Å². The predicted octanol–water partition coefficient (Wildman–Crippen LogP) is 3.94. The number of carbonyl (C=O) groups is 1. The summed E-state index contributed by atoms with van der Waals surface area (Å²) in [4.78, 5) is 12.5. The molecule has 0 radical (unpaired) electrons. The van der Waals surface area contributed by atoms with E-state index in [1.165, 1.54) is 24.3 Å². The van der Waals surface area contributed by atoms with E-state index in [-0.39, 0.29) is 33.9 Å². The number of esters is 1. The highest BCUT2D eigenvalue weighted by Gasteiger charge is 2.55. The Hall–Kier alpha value is -3.61. The average molecular weight is 368 g/mol. The fourth-order valence-electron chi connectivity index (χ4n) is 3.74. The molecule has 2 N–H and O–H groups in total. The van der Waals surface area contributed by atoms with Crippen molar-refractivity contribution in [2.75, 3.05) is 0 Å². The van der Waals surface area contributed by atoms with Gasteiger partial charge in [0, 0.05) is 23.3 Å². The Morgan fingerprint density at radius 2 is 1.67 bits per heavy atom. The maximum Gasteiger partial charge on any atom is 0.340 e. The summed E-state index contributed by atoms with van der Waals surface area (Å²) in [6, 6.07) is 11.3. The van der Waals surface area contributed by atoms with Crippen molar-refractivity contribution in [1.29, 1.82) is 0 Å². The highest BCUT2D eigenvalue weighted by molar-refractivity contribution is 5.97. The molecule has 3 aromatic carbocycles. The molecule has 5 rings (SSSR count). The first-order valence-corrected chi connectivity index (χ1v) is 7.99. The second-order valence-corrected chi connectivity index (χ2v) is 6.30. The molecular weight excluding hydrogens is 358 g/mol. The Bertz CT molecular complexity index is 1160. The number of rotatable bonds is 0. The Labute approximate surface area is 151 Å². The van der Waals surface area contributed by atoms with E-state index >= 15 is 0 Å². The number of hydrogen-bond acceptors (Lipinski definition) is 5. The molecule has 0 fully saturated rings. The first kappa shape index (κ1) is 15.6. The molecule has 0 saturated heterocycles. The molecule has 0 amide bonds. The first-order valence-electron chi connectivity index (χ1n) is 7.99. The fourth-order valence-corrected chi connectivity index (χ4v) is 3.74. The Balaban J connectivity index is 1.96. The minimum atomic E-state index is -1.80. The molecule has 0 aromatic heterocycles. The maximum absolute atomic E-state index is 15.0. The highest BCUT2D eigenvalue weighted by Crippen LogP contribution is 2.58. The summed E-state index contributed by atoms with van der Waals surface area (Å²) in [6.45, 7) is 0. The average Bonchev–Trinajstić information content (AvgIpc) is 2.93. The van der Waals surface area contributed by atoms with Gasteiger partial charge in [-0.15, -0.1) is 0 Å². The molecule has 134 valence electrons. The Morgan fingerprint density at radius 1 is 0.889 bits per heavy atom. The van der Waals surface area contributed by atoms with Crippen molar-refractivity contribution < 1.29 is 33.3 Å². The molecule has 3 aromatic rings. The highest BCUT2D eigenvalue weighted by atomic mass is 19.2. The zero-order valence-electron chi connectivity index (χ0n) is 13.5. The molecule has 7 heteroatoms. The van der Waals surface area contributed by atoms with Gasteiger partial charge in [0.25, 0.3) is 0 Å². The first-order chi connectivity index (χ1) is 12.9. The van der Waals surface area contributed by atoms with Crippen molar-refractivity contribution in [3.63, 3.8) is 0 Å². The number of fused-ring (bicyclic) bond motifs is 6. The minimum absolute atomic E-state index is 0.0948. The maximum atomic E-state index is 15.0. The minimum Gasteiger partial charge on any atom is -0.508 e. The number of halogens is 2. The SMILES string of the molecule is O=C1OC2(c3ccc(O)cc3Oc3cc(O)c(F)c(F)c32)c2ccccc21.